The van der Waals surface area contributed by atoms with Gasteiger partial charge < -0.3 is 0 Å². The molecule has 0 spiro atoms. The molecule has 0 aliphatic carbocycles. The molecule has 1 N–H and O–H groups in total. The fourth-order valence-corrected chi connectivity index (χ4v) is 2.06. The summed E-state index contributed by atoms with van der Waals surface area (Å²) in [5, 5.41) is 0. The van der Waals surface area contributed by atoms with E-state index in [4.69, 9.17) is 0 Å². The van der Waals surface area contributed by atoms with Gasteiger partial charge in [0.2, 0.25) is 0 Å². The number of rotatable bonds is 3. The summed E-state index contributed by atoms with van der Waals surface area (Å²) in [4.78, 5) is 8.20. The molecule has 0 fully saturated rings. The molecule has 19 heavy (non-hydrogen) atoms. The molecule has 0 unspecified atom stereocenters. The fourth-order valence-electron chi connectivity index (χ4n) is 2.06. The smallest absolute Gasteiger partial charge is 0.114 e. The van der Waals surface area contributed by atoms with Crippen molar-refractivity contribution in [1.29, 1.82) is 0 Å². The molecular weight excluding hydrogens is 236 g/mol. The minimum Gasteiger partial charge on any atom is -0.291 e. The summed E-state index contributed by atoms with van der Waals surface area (Å²) in [6.07, 6.45) is 8.93. The lowest BCUT2D eigenvalue weighted by Crippen LogP contribution is -2.07. The maximum Gasteiger partial charge on any atom is 0.114 e. The fraction of sp³-hybridized carbons (Fsp3) is 0.0667. The first-order chi connectivity index (χ1) is 9.34. The molecule has 0 amide bonds. The number of pyridine rings is 1. The van der Waals surface area contributed by atoms with Crippen LogP contribution in [0.3, 0.4) is 0 Å². The van der Waals surface area contributed by atoms with Crippen molar-refractivity contribution in [3.8, 4) is 11.1 Å². The summed E-state index contributed by atoms with van der Waals surface area (Å²) in [6, 6.07) is 10.3. The number of imidazole rings is 1. The van der Waals surface area contributed by atoms with Gasteiger partial charge in [0.1, 0.15) is 6.33 Å². The van der Waals surface area contributed by atoms with Gasteiger partial charge in [-0.05, 0) is 24.1 Å². The molecule has 1 aromatic carbocycles. The van der Waals surface area contributed by atoms with E-state index in [0.29, 0.717) is 0 Å². The highest BCUT2D eigenvalue weighted by Crippen LogP contribution is 2.29. The van der Waals surface area contributed by atoms with Gasteiger partial charge in [-0.15, -0.1) is 0 Å². The lowest BCUT2D eigenvalue weighted by molar-refractivity contribution is 0.952. The second-order valence-corrected chi connectivity index (χ2v) is 4.32. The number of nitrogens with one attached hydrogen (secondary N) is 1. The van der Waals surface area contributed by atoms with Crippen LogP contribution in [0.1, 0.15) is 5.56 Å². The van der Waals surface area contributed by atoms with Gasteiger partial charge in [0.05, 0.1) is 11.9 Å². The van der Waals surface area contributed by atoms with Crippen LogP contribution in [0.15, 0.2) is 61.4 Å². The number of anilines is 1. The van der Waals surface area contributed by atoms with Crippen LogP contribution in [-0.4, -0.2) is 14.6 Å². The molecular formula is C15H14N4. The average molecular weight is 250 g/mol. The maximum atomic E-state index is 4.18. The predicted octanol–water partition coefficient (Wildman–Crippen LogP) is 3.13. The van der Waals surface area contributed by atoms with E-state index in [-0.39, 0.29) is 0 Å². The molecule has 0 radical (unpaired) electrons. The topological polar surface area (TPSA) is 42.7 Å². The van der Waals surface area contributed by atoms with Gasteiger partial charge in [-0.1, -0.05) is 24.3 Å². The Morgan fingerprint density at radius 2 is 1.89 bits per heavy atom. The molecule has 3 aromatic rings. The maximum absolute atomic E-state index is 4.18. The standard InChI is InChI=1S/C15H14N4/c1-12-4-2-3-5-13(12)14-6-7-16-10-15(14)18-19-9-8-17-11-19/h2-11,18H,1H3. The van der Waals surface area contributed by atoms with E-state index < -0.39 is 0 Å². The van der Waals surface area contributed by atoms with Crippen LogP contribution < -0.4 is 5.43 Å². The molecule has 0 aliphatic rings. The molecule has 0 atom stereocenters. The van der Waals surface area contributed by atoms with Crippen molar-refractivity contribution in [1.82, 2.24) is 14.6 Å². The first-order valence-electron chi connectivity index (χ1n) is 6.09. The third-order valence-corrected chi connectivity index (χ3v) is 3.01. The van der Waals surface area contributed by atoms with Crippen molar-refractivity contribution in [2.24, 2.45) is 0 Å². The van der Waals surface area contributed by atoms with Crippen molar-refractivity contribution < 1.29 is 0 Å². The zero-order valence-electron chi connectivity index (χ0n) is 10.6. The largest absolute Gasteiger partial charge is 0.291 e. The van der Waals surface area contributed by atoms with Gasteiger partial charge in [-0.25, -0.2) is 4.98 Å². The number of benzene rings is 1. The van der Waals surface area contributed by atoms with Crippen molar-refractivity contribution in [3.63, 3.8) is 0 Å². The van der Waals surface area contributed by atoms with E-state index >= 15 is 0 Å². The third-order valence-electron chi connectivity index (χ3n) is 3.01. The van der Waals surface area contributed by atoms with Crippen molar-refractivity contribution in [3.05, 3.63) is 67.0 Å². The van der Waals surface area contributed by atoms with E-state index in [1.54, 1.807) is 23.4 Å². The minimum atomic E-state index is 0.954. The average Bonchev–Trinajstić information content (AvgIpc) is 2.93. The summed E-state index contributed by atoms with van der Waals surface area (Å²) in [6.45, 7) is 2.11. The second kappa shape index (κ2) is 4.94. The van der Waals surface area contributed by atoms with Crippen molar-refractivity contribution in [2.75, 3.05) is 5.43 Å². The van der Waals surface area contributed by atoms with E-state index in [0.717, 1.165) is 11.3 Å². The van der Waals surface area contributed by atoms with Gasteiger partial charge >= 0.3 is 0 Å². The SMILES string of the molecule is Cc1ccccc1-c1ccncc1Nn1ccnc1. The normalized spacial score (nSPS) is 10.4. The van der Waals surface area contributed by atoms with Crippen molar-refractivity contribution >= 4 is 5.69 Å². The van der Waals surface area contributed by atoms with E-state index in [9.17, 15) is 0 Å². The molecule has 0 bridgehead atoms. The molecule has 2 aromatic heterocycles. The monoisotopic (exact) mass is 250 g/mol. The Hall–Kier alpha value is -2.62. The second-order valence-electron chi connectivity index (χ2n) is 4.32. The van der Waals surface area contributed by atoms with E-state index in [2.05, 4.69) is 34.5 Å². The minimum absolute atomic E-state index is 0.954. The van der Waals surface area contributed by atoms with Gasteiger partial charge in [0.15, 0.2) is 0 Å². The Bertz CT molecular complexity index is 674. The van der Waals surface area contributed by atoms with Crippen molar-refractivity contribution in [2.45, 2.75) is 6.92 Å². The number of nitrogens with zero attached hydrogens (tertiary/aromatic N) is 3. The molecule has 0 saturated carbocycles. The number of aromatic nitrogens is 3. The zero-order valence-corrected chi connectivity index (χ0v) is 10.6. The highest BCUT2D eigenvalue weighted by atomic mass is 15.4. The highest BCUT2D eigenvalue weighted by molar-refractivity contribution is 5.78. The predicted molar refractivity (Wildman–Crippen MR) is 75.7 cm³/mol. The molecule has 0 saturated heterocycles. The van der Waals surface area contributed by atoms with Crippen LogP contribution in [0, 0.1) is 6.92 Å². The van der Waals surface area contributed by atoms with E-state index in [1.165, 1.54) is 11.1 Å². The number of hydrogen-bond donors (Lipinski definition) is 1. The molecule has 4 nitrogen and oxygen atoms in total. The first kappa shape index (κ1) is 11.5. The summed E-state index contributed by atoms with van der Waals surface area (Å²) < 4.78 is 1.80. The summed E-state index contributed by atoms with van der Waals surface area (Å²) in [7, 11) is 0. The van der Waals surface area contributed by atoms with Crippen LogP contribution in [0.25, 0.3) is 11.1 Å². The summed E-state index contributed by atoms with van der Waals surface area (Å²) >= 11 is 0. The third kappa shape index (κ3) is 2.33. The van der Waals surface area contributed by atoms with Crippen LogP contribution in [-0.2, 0) is 0 Å². The first-order valence-corrected chi connectivity index (χ1v) is 6.09. The lowest BCUT2D eigenvalue weighted by atomic mass is 10.0. The lowest BCUT2D eigenvalue weighted by Gasteiger charge is -2.13. The van der Waals surface area contributed by atoms with Crippen LogP contribution in [0.2, 0.25) is 0 Å². The number of hydrogen-bond acceptors (Lipinski definition) is 3. The zero-order chi connectivity index (χ0) is 13.1. The van der Waals surface area contributed by atoms with Gasteiger partial charge in [-0.2, -0.15) is 0 Å². The quantitative estimate of drug-likeness (QED) is 0.776. The Morgan fingerprint density at radius 3 is 2.68 bits per heavy atom. The molecule has 94 valence electrons. The highest BCUT2D eigenvalue weighted by Gasteiger charge is 2.07. The molecule has 2 heterocycles. The van der Waals surface area contributed by atoms with Gasteiger partial charge in [-0.3, -0.25) is 15.1 Å². The Balaban J connectivity index is 2.05. The Labute approximate surface area is 111 Å². The molecule has 0 aliphatic heterocycles. The van der Waals surface area contributed by atoms with E-state index in [1.807, 2.05) is 30.6 Å². The Kier molecular flexibility index (Phi) is 2.98. The molecule has 3 rings (SSSR count). The van der Waals surface area contributed by atoms with Gasteiger partial charge in [0, 0.05) is 24.2 Å². The van der Waals surface area contributed by atoms with Crippen LogP contribution in [0.4, 0.5) is 5.69 Å². The molecule has 4 heteroatoms. The summed E-state index contributed by atoms with van der Waals surface area (Å²) in [5.41, 5.74) is 7.79. The summed E-state index contributed by atoms with van der Waals surface area (Å²) in [5.74, 6) is 0. The van der Waals surface area contributed by atoms with Crippen LogP contribution >= 0.6 is 0 Å². The van der Waals surface area contributed by atoms with Crippen LogP contribution in [0.5, 0.6) is 0 Å². The number of aryl methyl sites for hydroxylation is 1. The Morgan fingerprint density at radius 1 is 1.00 bits per heavy atom. The van der Waals surface area contributed by atoms with Gasteiger partial charge in [0.25, 0.3) is 0 Å².